The van der Waals surface area contributed by atoms with E-state index in [1.54, 1.807) is 0 Å². The Morgan fingerprint density at radius 1 is 0.704 bits per heavy atom. The minimum atomic E-state index is 0.137. The molecule has 3 aromatic rings. The first kappa shape index (κ1) is 18.7. The second-order valence-electron chi connectivity index (χ2n) is 6.20. The van der Waals surface area contributed by atoms with Crippen LogP contribution in [0.25, 0.3) is 6.08 Å². The van der Waals surface area contributed by atoms with Gasteiger partial charge < -0.3 is 14.6 Å². The van der Waals surface area contributed by atoms with Crippen molar-refractivity contribution in [2.45, 2.75) is 19.6 Å². The molecule has 3 aromatic carbocycles. The van der Waals surface area contributed by atoms with E-state index in [4.69, 9.17) is 14.6 Å². The SMILES string of the molecule is OCCC=Cc1cc(OCc2ccccc2)cc(OCc2ccccc2)c1. The summed E-state index contributed by atoms with van der Waals surface area (Å²) < 4.78 is 11.9. The zero-order valence-corrected chi connectivity index (χ0v) is 15.3. The van der Waals surface area contributed by atoms with Gasteiger partial charge in [-0.05, 0) is 35.2 Å². The molecule has 27 heavy (non-hydrogen) atoms. The van der Waals surface area contributed by atoms with Gasteiger partial charge in [0.05, 0.1) is 0 Å². The summed E-state index contributed by atoms with van der Waals surface area (Å²) in [6, 6.07) is 26.0. The van der Waals surface area contributed by atoms with Gasteiger partial charge in [-0.25, -0.2) is 0 Å². The summed E-state index contributed by atoms with van der Waals surface area (Å²) in [5.74, 6) is 1.51. The molecule has 0 amide bonds. The fourth-order valence-corrected chi connectivity index (χ4v) is 2.63. The summed E-state index contributed by atoms with van der Waals surface area (Å²) in [6.07, 6.45) is 4.54. The van der Waals surface area contributed by atoms with Crippen molar-refractivity contribution >= 4 is 6.08 Å². The maximum absolute atomic E-state index is 8.97. The van der Waals surface area contributed by atoms with E-state index in [-0.39, 0.29) is 6.61 Å². The Hall–Kier alpha value is -3.04. The Morgan fingerprint density at radius 2 is 1.22 bits per heavy atom. The van der Waals surface area contributed by atoms with Crippen LogP contribution in [-0.2, 0) is 13.2 Å². The monoisotopic (exact) mass is 360 g/mol. The predicted molar refractivity (Wildman–Crippen MR) is 109 cm³/mol. The average molecular weight is 360 g/mol. The molecule has 3 nitrogen and oxygen atoms in total. The highest BCUT2D eigenvalue weighted by Crippen LogP contribution is 2.25. The summed E-state index contributed by atoms with van der Waals surface area (Å²) in [4.78, 5) is 0. The molecule has 0 unspecified atom stereocenters. The predicted octanol–water partition coefficient (Wildman–Crippen LogP) is 5.24. The Balaban J connectivity index is 1.73. The van der Waals surface area contributed by atoms with Gasteiger partial charge in [-0.15, -0.1) is 0 Å². The zero-order valence-electron chi connectivity index (χ0n) is 15.3. The normalized spacial score (nSPS) is 10.9. The van der Waals surface area contributed by atoms with Crippen LogP contribution in [0.5, 0.6) is 11.5 Å². The van der Waals surface area contributed by atoms with Crippen LogP contribution in [0.2, 0.25) is 0 Å². The number of ether oxygens (including phenoxy) is 2. The first-order valence-corrected chi connectivity index (χ1v) is 9.09. The van der Waals surface area contributed by atoms with E-state index in [1.807, 2.05) is 91.0 Å². The highest BCUT2D eigenvalue weighted by atomic mass is 16.5. The van der Waals surface area contributed by atoms with Gasteiger partial charge in [0.15, 0.2) is 0 Å². The molecule has 0 atom stereocenters. The Morgan fingerprint density at radius 3 is 1.70 bits per heavy atom. The van der Waals surface area contributed by atoms with Gasteiger partial charge in [0.2, 0.25) is 0 Å². The average Bonchev–Trinajstić information content (AvgIpc) is 2.72. The molecular weight excluding hydrogens is 336 g/mol. The smallest absolute Gasteiger partial charge is 0.124 e. The third kappa shape index (κ3) is 6.32. The van der Waals surface area contributed by atoms with Crippen molar-refractivity contribution in [2.75, 3.05) is 6.61 Å². The molecule has 3 rings (SSSR count). The molecule has 138 valence electrons. The summed E-state index contributed by atoms with van der Waals surface area (Å²) in [6.45, 7) is 1.14. The van der Waals surface area contributed by atoms with Crippen LogP contribution in [0.1, 0.15) is 23.1 Å². The van der Waals surface area contributed by atoms with E-state index in [1.165, 1.54) is 0 Å². The Bertz CT molecular complexity index is 780. The standard InChI is InChI=1S/C24H24O3/c25-14-8-7-13-22-15-23(26-18-20-9-3-1-4-10-20)17-24(16-22)27-19-21-11-5-2-6-12-21/h1-7,9-13,15-17,25H,8,14,18-19H2. The third-order valence-corrected chi connectivity index (χ3v) is 4.01. The van der Waals surface area contributed by atoms with Crippen LogP contribution in [0.15, 0.2) is 84.9 Å². The third-order valence-electron chi connectivity index (χ3n) is 4.01. The lowest BCUT2D eigenvalue weighted by Gasteiger charge is -2.12. The summed E-state index contributed by atoms with van der Waals surface area (Å²) in [7, 11) is 0. The molecule has 0 saturated heterocycles. The molecule has 1 N–H and O–H groups in total. The molecule has 0 aliphatic heterocycles. The molecule has 0 radical (unpaired) electrons. The fraction of sp³-hybridized carbons (Fsp3) is 0.167. The first-order chi connectivity index (χ1) is 13.3. The lowest BCUT2D eigenvalue weighted by molar-refractivity contribution is 0.290. The molecule has 0 aliphatic rings. The lowest BCUT2D eigenvalue weighted by Crippen LogP contribution is -1.98. The quantitative estimate of drug-likeness (QED) is 0.567. The highest BCUT2D eigenvalue weighted by Gasteiger charge is 2.04. The van der Waals surface area contributed by atoms with Gasteiger partial charge in [0.1, 0.15) is 24.7 Å². The molecule has 0 heterocycles. The van der Waals surface area contributed by atoms with Crippen molar-refractivity contribution in [1.82, 2.24) is 0 Å². The molecule has 0 bridgehead atoms. The van der Waals surface area contributed by atoms with E-state index in [0.29, 0.717) is 19.6 Å². The van der Waals surface area contributed by atoms with E-state index in [0.717, 1.165) is 28.2 Å². The minimum Gasteiger partial charge on any atom is -0.489 e. The van der Waals surface area contributed by atoms with E-state index < -0.39 is 0 Å². The largest absolute Gasteiger partial charge is 0.489 e. The molecule has 0 aliphatic carbocycles. The van der Waals surface area contributed by atoms with E-state index in [2.05, 4.69) is 0 Å². The van der Waals surface area contributed by atoms with Crippen LogP contribution in [0.3, 0.4) is 0 Å². The van der Waals surface area contributed by atoms with Gasteiger partial charge in [0.25, 0.3) is 0 Å². The Kier molecular flexibility index (Phi) is 7.07. The van der Waals surface area contributed by atoms with Crippen LogP contribution in [0.4, 0.5) is 0 Å². The molecule has 3 heteroatoms. The minimum absolute atomic E-state index is 0.137. The van der Waals surface area contributed by atoms with Crippen molar-refractivity contribution in [3.05, 3.63) is 102 Å². The number of aliphatic hydroxyl groups is 1. The second kappa shape index (κ2) is 10.2. The number of hydrogen-bond donors (Lipinski definition) is 1. The summed E-state index contributed by atoms with van der Waals surface area (Å²) in [5.41, 5.74) is 3.22. The highest BCUT2D eigenvalue weighted by molar-refractivity contribution is 5.55. The molecular formula is C24H24O3. The van der Waals surface area contributed by atoms with Crippen molar-refractivity contribution < 1.29 is 14.6 Å². The van der Waals surface area contributed by atoms with E-state index >= 15 is 0 Å². The van der Waals surface area contributed by atoms with Crippen LogP contribution in [0, 0.1) is 0 Å². The summed E-state index contributed by atoms with van der Waals surface area (Å²) in [5, 5.41) is 8.97. The summed E-state index contributed by atoms with van der Waals surface area (Å²) >= 11 is 0. The zero-order chi connectivity index (χ0) is 18.7. The van der Waals surface area contributed by atoms with E-state index in [9.17, 15) is 0 Å². The molecule has 0 spiro atoms. The van der Waals surface area contributed by atoms with Crippen LogP contribution < -0.4 is 9.47 Å². The van der Waals surface area contributed by atoms with Gasteiger partial charge in [-0.1, -0.05) is 72.8 Å². The first-order valence-electron chi connectivity index (χ1n) is 9.09. The number of aliphatic hydroxyl groups excluding tert-OH is 1. The fourth-order valence-electron chi connectivity index (χ4n) is 2.63. The molecule has 0 aromatic heterocycles. The number of hydrogen-bond acceptors (Lipinski definition) is 3. The van der Waals surface area contributed by atoms with Crippen molar-refractivity contribution in [1.29, 1.82) is 0 Å². The number of benzene rings is 3. The van der Waals surface area contributed by atoms with Crippen LogP contribution >= 0.6 is 0 Å². The van der Waals surface area contributed by atoms with Gasteiger partial charge >= 0.3 is 0 Å². The van der Waals surface area contributed by atoms with Gasteiger partial charge in [-0.3, -0.25) is 0 Å². The maximum atomic E-state index is 8.97. The molecule has 0 fully saturated rings. The molecule has 0 saturated carbocycles. The van der Waals surface area contributed by atoms with Crippen LogP contribution in [-0.4, -0.2) is 11.7 Å². The van der Waals surface area contributed by atoms with Gasteiger partial charge in [0, 0.05) is 12.7 Å². The van der Waals surface area contributed by atoms with Crippen molar-refractivity contribution in [2.24, 2.45) is 0 Å². The topological polar surface area (TPSA) is 38.7 Å². The maximum Gasteiger partial charge on any atom is 0.124 e. The Labute approximate surface area is 160 Å². The van der Waals surface area contributed by atoms with Gasteiger partial charge in [-0.2, -0.15) is 0 Å². The second-order valence-corrected chi connectivity index (χ2v) is 6.20. The lowest BCUT2D eigenvalue weighted by atomic mass is 10.1. The number of rotatable bonds is 9. The van der Waals surface area contributed by atoms with Crippen molar-refractivity contribution in [3.8, 4) is 11.5 Å². The van der Waals surface area contributed by atoms with Crippen molar-refractivity contribution in [3.63, 3.8) is 0 Å².